The molecule has 0 fully saturated rings. The number of rotatable bonds is 9. The molecule has 0 bridgehead atoms. The van der Waals surface area contributed by atoms with Gasteiger partial charge in [0.05, 0.1) is 7.11 Å². The lowest BCUT2D eigenvalue weighted by Gasteiger charge is -2.04. The van der Waals surface area contributed by atoms with Gasteiger partial charge in [-0.3, -0.25) is 4.79 Å². The summed E-state index contributed by atoms with van der Waals surface area (Å²) in [4.78, 5) is 12.4. The number of hydrogen-bond acceptors (Lipinski definition) is 2. The van der Waals surface area contributed by atoms with Crippen LogP contribution in [0.5, 0.6) is 5.75 Å². The Bertz CT molecular complexity index is 710. The van der Waals surface area contributed by atoms with E-state index in [0.29, 0.717) is 5.56 Å². The zero-order valence-electron chi connectivity index (χ0n) is 15.1. The van der Waals surface area contributed by atoms with E-state index in [-0.39, 0.29) is 5.78 Å². The molecule has 2 aromatic carbocycles. The Hall–Kier alpha value is -2.61. The molecule has 0 heterocycles. The SMILES string of the molecule is CCCCCC(=C/c1ccccc1)/C=C/C(=O)c1ccc(OC)cc1. The number of ether oxygens (including phenoxy) is 1. The third kappa shape index (κ3) is 6.42. The molecule has 2 nitrogen and oxygen atoms in total. The van der Waals surface area contributed by atoms with E-state index in [1.165, 1.54) is 18.4 Å². The maximum Gasteiger partial charge on any atom is 0.185 e. The highest BCUT2D eigenvalue weighted by atomic mass is 16.5. The monoisotopic (exact) mass is 334 g/mol. The Labute approximate surface area is 150 Å². The molecule has 2 aromatic rings. The molecule has 0 saturated heterocycles. The van der Waals surface area contributed by atoms with E-state index >= 15 is 0 Å². The lowest BCUT2D eigenvalue weighted by molar-refractivity contribution is 0.104. The summed E-state index contributed by atoms with van der Waals surface area (Å²) in [7, 11) is 1.62. The van der Waals surface area contributed by atoms with Crippen molar-refractivity contribution in [3.63, 3.8) is 0 Å². The molecule has 130 valence electrons. The van der Waals surface area contributed by atoms with Gasteiger partial charge in [-0.25, -0.2) is 0 Å². The van der Waals surface area contributed by atoms with Crippen LogP contribution in [0.3, 0.4) is 0 Å². The van der Waals surface area contributed by atoms with Crippen molar-refractivity contribution < 1.29 is 9.53 Å². The molecule has 0 saturated carbocycles. The van der Waals surface area contributed by atoms with E-state index < -0.39 is 0 Å². The van der Waals surface area contributed by atoms with Gasteiger partial charge in [0, 0.05) is 5.56 Å². The number of methoxy groups -OCH3 is 1. The van der Waals surface area contributed by atoms with Crippen molar-refractivity contribution in [1.29, 1.82) is 0 Å². The highest BCUT2D eigenvalue weighted by Crippen LogP contribution is 2.17. The number of benzene rings is 2. The van der Waals surface area contributed by atoms with E-state index in [4.69, 9.17) is 4.74 Å². The predicted molar refractivity (Wildman–Crippen MR) is 105 cm³/mol. The summed E-state index contributed by atoms with van der Waals surface area (Å²) in [5.41, 5.74) is 3.02. The molecule has 0 atom stereocenters. The zero-order valence-corrected chi connectivity index (χ0v) is 15.1. The van der Waals surface area contributed by atoms with Crippen molar-refractivity contribution >= 4 is 11.9 Å². The van der Waals surface area contributed by atoms with Crippen molar-refractivity contribution in [2.45, 2.75) is 32.6 Å². The first-order valence-corrected chi connectivity index (χ1v) is 8.85. The van der Waals surface area contributed by atoms with Gasteiger partial charge in [-0.15, -0.1) is 0 Å². The van der Waals surface area contributed by atoms with Crippen molar-refractivity contribution in [3.05, 3.63) is 83.4 Å². The molecular formula is C23H26O2. The first kappa shape index (κ1) is 18.7. The Morgan fingerprint density at radius 3 is 2.32 bits per heavy atom. The van der Waals surface area contributed by atoms with Crippen LogP contribution in [-0.2, 0) is 0 Å². The van der Waals surface area contributed by atoms with Crippen LogP contribution in [0.4, 0.5) is 0 Å². The van der Waals surface area contributed by atoms with Gasteiger partial charge in [-0.05, 0) is 54.3 Å². The van der Waals surface area contributed by atoms with Gasteiger partial charge < -0.3 is 4.74 Å². The molecule has 0 aromatic heterocycles. The van der Waals surface area contributed by atoms with Gasteiger partial charge in [0.1, 0.15) is 5.75 Å². The molecule has 0 aliphatic rings. The summed E-state index contributed by atoms with van der Waals surface area (Å²) in [5.74, 6) is 0.766. The fourth-order valence-electron chi connectivity index (χ4n) is 2.58. The molecule has 0 unspecified atom stereocenters. The van der Waals surface area contributed by atoms with Gasteiger partial charge in [0.25, 0.3) is 0 Å². The average Bonchev–Trinajstić information content (AvgIpc) is 2.66. The van der Waals surface area contributed by atoms with Crippen LogP contribution in [0.1, 0.15) is 48.5 Å². The van der Waals surface area contributed by atoms with Gasteiger partial charge >= 0.3 is 0 Å². The van der Waals surface area contributed by atoms with Crippen molar-refractivity contribution in [2.24, 2.45) is 0 Å². The summed E-state index contributed by atoms with van der Waals surface area (Å²) < 4.78 is 5.13. The molecule has 0 aliphatic heterocycles. The van der Waals surface area contributed by atoms with Crippen molar-refractivity contribution in [3.8, 4) is 5.75 Å². The van der Waals surface area contributed by atoms with E-state index in [1.54, 1.807) is 25.3 Å². The van der Waals surface area contributed by atoms with Crippen LogP contribution >= 0.6 is 0 Å². The lowest BCUT2D eigenvalue weighted by Crippen LogP contribution is -1.95. The molecule has 0 amide bonds. The minimum Gasteiger partial charge on any atom is -0.497 e. The largest absolute Gasteiger partial charge is 0.497 e. The van der Waals surface area contributed by atoms with Crippen LogP contribution in [0.25, 0.3) is 6.08 Å². The molecule has 2 heteroatoms. The summed E-state index contributed by atoms with van der Waals surface area (Å²) in [6.45, 7) is 2.20. The third-order valence-electron chi connectivity index (χ3n) is 4.04. The molecule has 0 N–H and O–H groups in total. The molecule has 25 heavy (non-hydrogen) atoms. The van der Waals surface area contributed by atoms with Gasteiger partial charge in [-0.2, -0.15) is 0 Å². The summed E-state index contributed by atoms with van der Waals surface area (Å²) >= 11 is 0. The minimum atomic E-state index is 0.0112. The molecular weight excluding hydrogens is 308 g/mol. The highest BCUT2D eigenvalue weighted by molar-refractivity contribution is 6.04. The number of carbonyl (C=O) groups is 1. The smallest absolute Gasteiger partial charge is 0.185 e. The van der Waals surface area contributed by atoms with Crippen LogP contribution in [0.15, 0.2) is 72.3 Å². The number of ketones is 1. The molecule has 2 rings (SSSR count). The quantitative estimate of drug-likeness (QED) is 0.240. The number of allylic oxidation sites excluding steroid dienone is 3. The Morgan fingerprint density at radius 1 is 0.960 bits per heavy atom. The van der Waals surface area contributed by atoms with E-state index in [1.807, 2.05) is 36.4 Å². The van der Waals surface area contributed by atoms with E-state index in [0.717, 1.165) is 24.2 Å². The standard InChI is InChI=1S/C23H26O2/c1-3-4-6-9-20(18-19-10-7-5-8-11-19)12-17-23(24)21-13-15-22(25-2)16-14-21/h5,7-8,10-18H,3-4,6,9H2,1-2H3/b17-12+,20-18-. The molecule has 0 radical (unpaired) electrons. The Kier molecular flexibility index (Phi) is 7.71. The Balaban J connectivity index is 2.12. The highest BCUT2D eigenvalue weighted by Gasteiger charge is 2.03. The van der Waals surface area contributed by atoms with Gasteiger partial charge in [-0.1, -0.05) is 62.2 Å². The number of carbonyl (C=O) groups excluding carboxylic acids is 1. The maximum atomic E-state index is 12.4. The second-order valence-corrected chi connectivity index (χ2v) is 6.01. The number of unbranched alkanes of at least 4 members (excludes halogenated alkanes) is 2. The van der Waals surface area contributed by atoms with Gasteiger partial charge in [0.2, 0.25) is 0 Å². The average molecular weight is 334 g/mol. The maximum absolute atomic E-state index is 12.4. The van der Waals surface area contributed by atoms with Crippen molar-refractivity contribution in [1.82, 2.24) is 0 Å². The lowest BCUT2D eigenvalue weighted by atomic mass is 10.0. The first-order valence-electron chi connectivity index (χ1n) is 8.85. The summed E-state index contributed by atoms with van der Waals surface area (Å²) in [5, 5.41) is 0. The first-order chi connectivity index (χ1) is 12.2. The third-order valence-corrected chi connectivity index (χ3v) is 4.04. The van der Waals surface area contributed by atoms with Crippen LogP contribution in [0, 0.1) is 0 Å². The van der Waals surface area contributed by atoms with Crippen LogP contribution < -0.4 is 4.74 Å². The second-order valence-electron chi connectivity index (χ2n) is 6.01. The second kappa shape index (κ2) is 10.3. The van der Waals surface area contributed by atoms with Crippen LogP contribution in [-0.4, -0.2) is 12.9 Å². The number of hydrogen-bond donors (Lipinski definition) is 0. The van der Waals surface area contributed by atoms with Gasteiger partial charge in [0.15, 0.2) is 5.78 Å². The normalized spacial score (nSPS) is 11.7. The minimum absolute atomic E-state index is 0.0112. The summed E-state index contributed by atoms with van der Waals surface area (Å²) in [6.07, 6.45) is 10.3. The van der Waals surface area contributed by atoms with E-state index in [2.05, 4.69) is 25.1 Å². The zero-order chi connectivity index (χ0) is 17.9. The van der Waals surface area contributed by atoms with Crippen LogP contribution in [0.2, 0.25) is 0 Å². The molecule has 0 spiro atoms. The fraction of sp³-hybridized carbons (Fsp3) is 0.261. The van der Waals surface area contributed by atoms with E-state index in [9.17, 15) is 4.79 Å². The van der Waals surface area contributed by atoms with Crippen molar-refractivity contribution in [2.75, 3.05) is 7.11 Å². The summed E-state index contributed by atoms with van der Waals surface area (Å²) in [6, 6.07) is 17.4. The predicted octanol–water partition coefficient (Wildman–Crippen LogP) is 6.10. The Morgan fingerprint density at radius 2 is 1.68 bits per heavy atom. The fourth-order valence-corrected chi connectivity index (χ4v) is 2.58. The molecule has 0 aliphatic carbocycles. The topological polar surface area (TPSA) is 26.3 Å².